The van der Waals surface area contributed by atoms with Gasteiger partial charge in [-0.05, 0) is 43.9 Å². The quantitative estimate of drug-likeness (QED) is 0.517. The fourth-order valence-electron chi connectivity index (χ4n) is 2.79. The summed E-state index contributed by atoms with van der Waals surface area (Å²) in [5.41, 5.74) is 7.01. The first-order valence-corrected chi connectivity index (χ1v) is 6.74. The van der Waals surface area contributed by atoms with Crippen LogP contribution in [0.15, 0.2) is 18.2 Å². The van der Waals surface area contributed by atoms with Crippen molar-refractivity contribution in [3.05, 3.63) is 33.9 Å². The van der Waals surface area contributed by atoms with E-state index in [2.05, 4.69) is 18.7 Å². The summed E-state index contributed by atoms with van der Waals surface area (Å²) in [6.07, 6.45) is 2.43. The Morgan fingerprint density at radius 3 is 2.79 bits per heavy atom. The van der Waals surface area contributed by atoms with Crippen LogP contribution in [0.2, 0.25) is 0 Å². The van der Waals surface area contributed by atoms with E-state index >= 15 is 0 Å². The largest absolute Gasteiger partial charge is 0.393 e. The molecule has 1 aromatic carbocycles. The summed E-state index contributed by atoms with van der Waals surface area (Å²) < 4.78 is 0. The maximum absolute atomic E-state index is 10.7. The number of rotatable bonds is 3. The van der Waals surface area contributed by atoms with E-state index in [4.69, 9.17) is 5.73 Å². The van der Waals surface area contributed by atoms with Crippen LogP contribution in [0.3, 0.4) is 0 Å². The summed E-state index contributed by atoms with van der Waals surface area (Å²) in [6, 6.07) is 5.59. The lowest BCUT2D eigenvalue weighted by Gasteiger charge is -2.36. The number of nitro groups is 1. The monoisotopic (exact) mass is 263 g/mol. The summed E-state index contributed by atoms with van der Waals surface area (Å²) >= 11 is 0. The third-order valence-corrected chi connectivity index (χ3v) is 3.95. The van der Waals surface area contributed by atoms with E-state index in [-0.39, 0.29) is 11.4 Å². The predicted octanol–water partition coefficient (Wildman–Crippen LogP) is 2.80. The van der Waals surface area contributed by atoms with Gasteiger partial charge in [0.05, 0.1) is 4.92 Å². The highest BCUT2D eigenvalue weighted by molar-refractivity contribution is 5.59. The maximum Gasteiger partial charge on any atom is 0.292 e. The molecule has 0 aromatic heterocycles. The zero-order valence-corrected chi connectivity index (χ0v) is 11.5. The SMILES string of the molecule is CC1CCN(Cc2ccc([N+](=O)[O-])c(N)c2)C(C)C1. The highest BCUT2D eigenvalue weighted by Crippen LogP contribution is 2.26. The van der Waals surface area contributed by atoms with Crippen LogP contribution in [-0.2, 0) is 6.54 Å². The van der Waals surface area contributed by atoms with E-state index in [1.165, 1.54) is 18.9 Å². The first-order valence-electron chi connectivity index (χ1n) is 6.74. The molecule has 104 valence electrons. The second kappa shape index (κ2) is 5.57. The van der Waals surface area contributed by atoms with Crippen LogP contribution in [0.4, 0.5) is 11.4 Å². The maximum atomic E-state index is 10.7. The fraction of sp³-hybridized carbons (Fsp3) is 0.571. The molecule has 2 rings (SSSR count). The van der Waals surface area contributed by atoms with Crippen LogP contribution in [0.5, 0.6) is 0 Å². The van der Waals surface area contributed by atoms with Gasteiger partial charge < -0.3 is 5.73 Å². The Labute approximate surface area is 113 Å². The van der Waals surface area contributed by atoms with Gasteiger partial charge in [-0.1, -0.05) is 13.0 Å². The summed E-state index contributed by atoms with van der Waals surface area (Å²) in [7, 11) is 0. The van der Waals surface area contributed by atoms with Gasteiger partial charge in [-0.2, -0.15) is 0 Å². The number of hydrogen-bond donors (Lipinski definition) is 1. The van der Waals surface area contributed by atoms with Gasteiger partial charge in [0.15, 0.2) is 0 Å². The van der Waals surface area contributed by atoms with Crippen molar-refractivity contribution in [1.82, 2.24) is 4.90 Å². The molecule has 0 spiro atoms. The number of nitro benzene ring substituents is 1. The molecule has 1 heterocycles. The van der Waals surface area contributed by atoms with Crippen molar-refractivity contribution in [2.45, 2.75) is 39.3 Å². The summed E-state index contributed by atoms with van der Waals surface area (Å²) in [6.45, 7) is 6.43. The molecule has 0 aliphatic carbocycles. The van der Waals surface area contributed by atoms with Crippen molar-refractivity contribution in [3.63, 3.8) is 0 Å². The Morgan fingerprint density at radius 1 is 1.47 bits per heavy atom. The average molecular weight is 263 g/mol. The van der Waals surface area contributed by atoms with Crippen LogP contribution >= 0.6 is 0 Å². The van der Waals surface area contributed by atoms with Crippen molar-refractivity contribution in [2.24, 2.45) is 5.92 Å². The minimum absolute atomic E-state index is 0.0101. The van der Waals surface area contributed by atoms with Gasteiger partial charge in [0, 0.05) is 18.7 Å². The van der Waals surface area contributed by atoms with Crippen LogP contribution < -0.4 is 5.73 Å². The number of piperidine rings is 1. The van der Waals surface area contributed by atoms with E-state index < -0.39 is 4.92 Å². The molecule has 1 fully saturated rings. The van der Waals surface area contributed by atoms with Crippen LogP contribution in [0.1, 0.15) is 32.3 Å². The lowest BCUT2D eigenvalue weighted by Crippen LogP contribution is -2.39. The number of nitrogen functional groups attached to an aromatic ring is 1. The summed E-state index contributed by atoms with van der Waals surface area (Å²) in [4.78, 5) is 12.7. The van der Waals surface area contributed by atoms with Gasteiger partial charge in [0.2, 0.25) is 0 Å². The second-order valence-electron chi connectivity index (χ2n) is 5.60. The summed E-state index contributed by atoms with van der Waals surface area (Å²) in [5, 5.41) is 10.7. The number of anilines is 1. The van der Waals surface area contributed by atoms with Gasteiger partial charge >= 0.3 is 0 Å². The smallest absolute Gasteiger partial charge is 0.292 e. The molecule has 1 aromatic rings. The van der Waals surface area contributed by atoms with E-state index in [1.54, 1.807) is 12.1 Å². The van der Waals surface area contributed by atoms with E-state index in [0.29, 0.717) is 6.04 Å². The van der Waals surface area contributed by atoms with E-state index in [1.807, 2.05) is 0 Å². The molecule has 5 nitrogen and oxygen atoms in total. The number of benzene rings is 1. The number of nitrogens with zero attached hydrogens (tertiary/aromatic N) is 2. The van der Waals surface area contributed by atoms with Crippen LogP contribution in [0.25, 0.3) is 0 Å². The van der Waals surface area contributed by atoms with Crippen molar-refractivity contribution in [1.29, 1.82) is 0 Å². The van der Waals surface area contributed by atoms with E-state index in [0.717, 1.165) is 24.6 Å². The van der Waals surface area contributed by atoms with Crippen molar-refractivity contribution < 1.29 is 4.92 Å². The van der Waals surface area contributed by atoms with E-state index in [9.17, 15) is 10.1 Å². The molecular weight excluding hydrogens is 242 g/mol. The molecule has 0 amide bonds. The normalized spacial score (nSPS) is 24.3. The molecule has 1 saturated heterocycles. The summed E-state index contributed by atoms with van der Waals surface area (Å²) in [5.74, 6) is 0.785. The molecule has 1 aliphatic rings. The van der Waals surface area contributed by atoms with Crippen molar-refractivity contribution in [3.8, 4) is 0 Å². The van der Waals surface area contributed by atoms with Gasteiger partial charge in [0.1, 0.15) is 5.69 Å². The Balaban J connectivity index is 2.07. The number of hydrogen-bond acceptors (Lipinski definition) is 4. The average Bonchev–Trinajstić information content (AvgIpc) is 2.32. The van der Waals surface area contributed by atoms with Crippen molar-refractivity contribution in [2.75, 3.05) is 12.3 Å². The third-order valence-electron chi connectivity index (χ3n) is 3.95. The molecule has 2 atom stereocenters. The third kappa shape index (κ3) is 3.23. The molecule has 5 heteroatoms. The Bertz CT molecular complexity index is 476. The first-order chi connectivity index (χ1) is 8.97. The number of likely N-dealkylation sites (tertiary alicyclic amines) is 1. The Hall–Kier alpha value is -1.62. The molecule has 19 heavy (non-hydrogen) atoms. The zero-order chi connectivity index (χ0) is 14.0. The van der Waals surface area contributed by atoms with Gasteiger partial charge in [-0.15, -0.1) is 0 Å². The van der Waals surface area contributed by atoms with Crippen LogP contribution in [0, 0.1) is 16.0 Å². The predicted molar refractivity (Wildman–Crippen MR) is 75.8 cm³/mol. The molecular formula is C14H21N3O2. The molecule has 0 bridgehead atoms. The first kappa shape index (κ1) is 13.8. The lowest BCUT2D eigenvalue weighted by atomic mass is 9.93. The van der Waals surface area contributed by atoms with Gasteiger partial charge in [-0.25, -0.2) is 0 Å². The fourth-order valence-corrected chi connectivity index (χ4v) is 2.79. The Morgan fingerprint density at radius 2 is 2.21 bits per heavy atom. The minimum atomic E-state index is -0.440. The Kier molecular flexibility index (Phi) is 4.04. The molecule has 0 radical (unpaired) electrons. The zero-order valence-electron chi connectivity index (χ0n) is 11.5. The van der Waals surface area contributed by atoms with Crippen LogP contribution in [-0.4, -0.2) is 22.4 Å². The minimum Gasteiger partial charge on any atom is -0.393 e. The molecule has 0 saturated carbocycles. The number of nitrogens with two attached hydrogens (primary N) is 1. The lowest BCUT2D eigenvalue weighted by molar-refractivity contribution is -0.383. The molecule has 2 N–H and O–H groups in total. The van der Waals surface area contributed by atoms with Gasteiger partial charge in [0.25, 0.3) is 5.69 Å². The standard InChI is InChI=1S/C14H21N3O2/c1-10-5-6-16(11(2)7-10)9-12-3-4-14(17(18)19)13(15)8-12/h3-4,8,10-11H,5-7,9,15H2,1-2H3. The second-order valence-corrected chi connectivity index (χ2v) is 5.60. The topological polar surface area (TPSA) is 72.4 Å². The highest BCUT2D eigenvalue weighted by Gasteiger charge is 2.23. The molecule has 2 unspecified atom stereocenters. The highest BCUT2D eigenvalue weighted by atomic mass is 16.6. The van der Waals surface area contributed by atoms with Crippen molar-refractivity contribution >= 4 is 11.4 Å². The molecule has 1 aliphatic heterocycles. The van der Waals surface area contributed by atoms with Gasteiger partial charge in [-0.3, -0.25) is 15.0 Å².